The molecule has 1 heteroatoms. The van der Waals surface area contributed by atoms with Crippen LogP contribution in [-0.4, -0.2) is 7.85 Å². The van der Waals surface area contributed by atoms with Gasteiger partial charge in [-0.3, -0.25) is 0 Å². The van der Waals surface area contributed by atoms with Crippen molar-refractivity contribution in [2.75, 3.05) is 0 Å². The van der Waals surface area contributed by atoms with Gasteiger partial charge in [0.2, 0.25) is 0 Å². The summed E-state index contributed by atoms with van der Waals surface area (Å²) in [5, 5.41) is 0. The summed E-state index contributed by atoms with van der Waals surface area (Å²) < 4.78 is 0. The van der Waals surface area contributed by atoms with Crippen LogP contribution < -0.4 is 5.46 Å². The SMILES string of the molecule is [B]c1cc(C(C)(C)C)cc2c1-c1ccc(C(C)(C)C)cc1C2(C)C. The normalized spacial score (nSPS) is 16.0. The average molecular weight is 316 g/mol. The highest BCUT2D eigenvalue weighted by Crippen LogP contribution is 2.49. The lowest BCUT2D eigenvalue weighted by atomic mass is 9.75. The van der Waals surface area contributed by atoms with Crippen LogP contribution in [0.5, 0.6) is 0 Å². The third-order valence-electron chi connectivity index (χ3n) is 5.54. The zero-order chi connectivity index (χ0) is 18.1. The lowest BCUT2D eigenvalue weighted by Crippen LogP contribution is -2.21. The van der Waals surface area contributed by atoms with Crippen molar-refractivity contribution in [2.45, 2.75) is 71.6 Å². The van der Waals surface area contributed by atoms with Crippen molar-refractivity contribution in [1.29, 1.82) is 0 Å². The molecule has 24 heavy (non-hydrogen) atoms. The number of hydrogen-bond acceptors (Lipinski definition) is 0. The molecule has 0 bridgehead atoms. The standard InChI is InChI=1S/C23H29B/c1-21(2,3)14-9-10-16-17(11-14)23(7,8)18-12-15(22(4,5)6)13-19(24)20(16)18/h9-13H,1-8H3. The Hall–Kier alpha value is -1.50. The second-order valence-electron chi connectivity index (χ2n) is 9.87. The van der Waals surface area contributed by atoms with E-state index >= 15 is 0 Å². The Balaban J connectivity index is 2.29. The first-order valence-corrected chi connectivity index (χ1v) is 8.93. The predicted molar refractivity (Wildman–Crippen MR) is 107 cm³/mol. The fourth-order valence-electron chi connectivity index (χ4n) is 3.78. The fraction of sp³-hybridized carbons (Fsp3) is 0.478. The van der Waals surface area contributed by atoms with E-state index in [0.717, 1.165) is 5.46 Å². The van der Waals surface area contributed by atoms with Crippen LogP contribution >= 0.6 is 0 Å². The summed E-state index contributed by atoms with van der Waals surface area (Å²) in [6, 6.07) is 11.5. The zero-order valence-corrected chi connectivity index (χ0v) is 16.5. The third kappa shape index (κ3) is 2.53. The summed E-state index contributed by atoms with van der Waals surface area (Å²) in [6.07, 6.45) is 0. The van der Waals surface area contributed by atoms with Gasteiger partial charge in [0.25, 0.3) is 0 Å². The Morgan fingerprint density at radius 2 is 1.29 bits per heavy atom. The first kappa shape index (κ1) is 17.3. The van der Waals surface area contributed by atoms with Crippen molar-refractivity contribution in [2.24, 2.45) is 0 Å². The number of rotatable bonds is 0. The van der Waals surface area contributed by atoms with Crippen LogP contribution in [0.15, 0.2) is 30.3 Å². The van der Waals surface area contributed by atoms with E-state index < -0.39 is 0 Å². The Morgan fingerprint density at radius 3 is 1.83 bits per heavy atom. The van der Waals surface area contributed by atoms with Crippen LogP contribution in [0.4, 0.5) is 0 Å². The fourth-order valence-corrected chi connectivity index (χ4v) is 3.78. The summed E-state index contributed by atoms with van der Waals surface area (Å²) >= 11 is 0. The van der Waals surface area contributed by atoms with E-state index in [0.29, 0.717) is 0 Å². The molecule has 2 radical (unpaired) electrons. The zero-order valence-electron chi connectivity index (χ0n) is 16.5. The van der Waals surface area contributed by atoms with Crippen molar-refractivity contribution < 1.29 is 0 Å². The van der Waals surface area contributed by atoms with Gasteiger partial charge in [-0.25, -0.2) is 0 Å². The maximum Gasteiger partial charge on any atom is 0.114 e. The lowest BCUT2D eigenvalue weighted by molar-refractivity contribution is 0.580. The van der Waals surface area contributed by atoms with Gasteiger partial charge in [0.05, 0.1) is 0 Å². The van der Waals surface area contributed by atoms with Crippen LogP contribution in [0.2, 0.25) is 0 Å². The quantitative estimate of drug-likeness (QED) is 0.572. The van der Waals surface area contributed by atoms with E-state index in [2.05, 4.69) is 85.7 Å². The van der Waals surface area contributed by atoms with E-state index in [-0.39, 0.29) is 16.2 Å². The maximum absolute atomic E-state index is 6.53. The summed E-state index contributed by atoms with van der Waals surface area (Å²) in [4.78, 5) is 0. The Morgan fingerprint density at radius 1 is 0.750 bits per heavy atom. The molecule has 0 saturated heterocycles. The molecule has 0 aromatic heterocycles. The number of benzene rings is 2. The minimum atomic E-state index is -0.0126. The second kappa shape index (κ2) is 5.00. The lowest BCUT2D eigenvalue weighted by Gasteiger charge is -2.27. The van der Waals surface area contributed by atoms with Crippen LogP contribution in [0.1, 0.15) is 77.6 Å². The molecule has 0 unspecified atom stereocenters. The third-order valence-corrected chi connectivity index (χ3v) is 5.54. The molecule has 0 atom stereocenters. The van der Waals surface area contributed by atoms with Gasteiger partial charge in [-0.15, -0.1) is 0 Å². The summed E-state index contributed by atoms with van der Waals surface area (Å²) in [5.41, 5.74) is 9.18. The molecule has 124 valence electrons. The molecular weight excluding hydrogens is 287 g/mol. The van der Waals surface area contributed by atoms with E-state index in [9.17, 15) is 0 Å². The molecule has 0 nitrogen and oxygen atoms in total. The molecule has 1 aliphatic rings. The molecule has 0 spiro atoms. The van der Waals surface area contributed by atoms with Crippen molar-refractivity contribution in [3.8, 4) is 11.1 Å². The van der Waals surface area contributed by atoms with Crippen LogP contribution in [0.25, 0.3) is 11.1 Å². The molecule has 0 N–H and O–H groups in total. The predicted octanol–water partition coefficient (Wildman–Crippen LogP) is 5.38. The van der Waals surface area contributed by atoms with E-state index in [4.69, 9.17) is 7.85 Å². The van der Waals surface area contributed by atoms with Crippen molar-refractivity contribution >= 4 is 13.3 Å². The monoisotopic (exact) mass is 316 g/mol. The van der Waals surface area contributed by atoms with Gasteiger partial charge < -0.3 is 0 Å². The van der Waals surface area contributed by atoms with Gasteiger partial charge in [0.15, 0.2) is 0 Å². The molecule has 0 fully saturated rings. The van der Waals surface area contributed by atoms with Gasteiger partial charge in [-0.2, -0.15) is 0 Å². The van der Waals surface area contributed by atoms with Crippen LogP contribution in [0.3, 0.4) is 0 Å². The Kier molecular flexibility index (Phi) is 3.61. The van der Waals surface area contributed by atoms with Gasteiger partial charge in [0, 0.05) is 5.41 Å². The summed E-state index contributed by atoms with van der Waals surface area (Å²) in [5.74, 6) is 0. The van der Waals surface area contributed by atoms with Gasteiger partial charge in [-0.05, 0) is 44.2 Å². The smallest absolute Gasteiger partial charge is 0.0884 e. The molecular formula is C23H29B. The van der Waals surface area contributed by atoms with E-state index in [1.807, 2.05) is 0 Å². The maximum atomic E-state index is 6.53. The Labute approximate surface area is 149 Å². The number of hydrogen-bond donors (Lipinski definition) is 0. The first-order valence-electron chi connectivity index (χ1n) is 8.93. The molecule has 2 aromatic rings. The summed E-state index contributed by atoms with van der Waals surface area (Å²) in [6.45, 7) is 18.2. The van der Waals surface area contributed by atoms with E-state index in [1.54, 1.807) is 0 Å². The molecule has 3 rings (SSSR count). The van der Waals surface area contributed by atoms with Crippen molar-refractivity contribution in [1.82, 2.24) is 0 Å². The highest BCUT2D eigenvalue weighted by molar-refractivity contribution is 6.36. The van der Waals surface area contributed by atoms with Gasteiger partial charge >= 0.3 is 0 Å². The van der Waals surface area contributed by atoms with Crippen LogP contribution in [-0.2, 0) is 16.2 Å². The minimum Gasteiger partial charge on any atom is -0.0884 e. The van der Waals surface area contributed by atoms with E-state index in [1.165, 1.54) is 33.4 Å². The molecule has 1 aliphatic carbocycles. The second-order valence-corrected chi connectivity index (χ2v) is 9.87. The minimum absolute atomic E-state index is 0.0126. The molecule has 2 aromatic carbocycles. The molecule has 0 heterocycles. The first-order chi connectivity index (χ1) is 10.8. The van der Waals surface area contributed by atoms with Gasteiger partial charge in [-0.1, -0.05) is 91.2 Å². The molecule has 0 saturated carbocycles. The highest BCUT2D eigenvalue weighted by atomic mass is 14.4. The number of fused-ring (bicyclic) bond motifs is 3. The van der Waals surface area contributed by atoms with Gasteiger partial charge in [0.1, 0.15) is 7.85 Å². The highest BCUT2D eigenvalue weighted by Gasteiger charge is 2.37. The average Bonchev–Trinajstić information content (AvgIpc) is 2.66. The van der Waals surface area contributed by atoms with Crippen LogP contribution in [0, 0.1) is 0 Å². The summed E-state index contributed by atoms with van der Waals surface area (Å²) in [7, 11) is 6.53. The molecule has 0 amide bonds. The van der Waals surface area contributed by atoms with Crippen molar-refractivity contribution in [3.63, 3.8) is 0 Å². The topological polar surface area (TPSA) is 0 Å². The molecule has 0 aliphatic heterocycles. The largest absolute Gasteiger partial charge is 0.114 e. The van der Waals surface area contributed by atoms with Crippen molar-refractivity contribution in [3.05, 3.63) is 52.6 Å². The Bertz CT molecular complexity index is 811.